The van der Waals surface area contributed by atoms with Gasteiger partial charge in [0, 0.05) is 6.07 Å². The highest BCUT2D eigenvalue weighted by molar-refractivity contribution is 5.38. The number of nitrogen functional groups attached to an aromatic ring is 1. The summed E-state index contributed by atoms with van der Waals surface area (Å²) in [5, 5.41) is 14.1. The Balaban J connectivity index is 1.95. The second kappa shape index (κ2) is 3.73. The van der Waals surface area contributed by atoms with Crippen molar-refractivity contribution in [2.24, 2.45) is 0 Å². The summed E-state index contributed by atoms with van der Waals surface area (Å²) >= 11 is 0. The summed E-state index contributed by atoms with van der Waals surface area (Å²) in [5.74, 6) is 1.79. The highest BCUT2D eigenvalue weighted by Gasteiger charge is 1.98. The van der Waals surface area contributed by atoms with E-state index >= 15 is 0 Å². The third kappa shape index (κ3) is 1.98. The molecule has 2 rings (SSSR count). The highest BCUT2D eigenvalue weighted by atomic mass is 16.5. The van der Waals surface area contributed by atoms with Gasteiger partial charge in [-0.25, -0.2) is 0 Å². The van der Waals surface area contributed by atoms with Gasteiger partial charge < -0.3 is 15.6 Å². The van der Waals surface area contributed by atoms with E-state index < -0.39 is 0 Å². The van der Waals surface area contributed by atoms with Crippen molar-refractivity contribution in [3.63, 3.8) is 0 Å². The van der Waals surface area contributed by atoms with Crippen molar-refractivity contribution in [2.75, 3.05) is 11.1 Å². The van der Waals surface area contributed by atoms with E-state index in [1.54, 1.807) is 24.4 Å². The molecule has 0 atom stereocenters. The van der Waals surface area contributed by atoms with Gasteiger partial charge in [-0.1, -0.05) is 5.16 Å². The smallest absolute Gasteiger partial charge is 0.155 e. The van der Waals surface area contributed by atoms with Crippen LogP contribution in [-0.2, 0) is 6.54 Å². The van der Waals surface area contributed by atoms with E-state index in [1.165, 1.54) is 0 Å². The third-order valence-electron chi connectivity index (χ3n) is 1.62. The van der Waals surface area contributed by atoms with Crippen molar-refractivity contribution < 1.29 is 4.52 Å². The molecule has 0 spiro atoms. The van der Waals surface area contributed by atoms with Gasteiger partial charge in [0.2, 0.25) is 0 Å². The summed E-state index contributed by atoms with van der Waals surface area (Å²) in [6.45, 7) is 0.526. The Morgan fingerprint density at radius 3 is 2.86 bits per heavy atom. The molecule has 14 heavy (non-hydrogen) atoms. The first-order valence-corrected chi connectivity index (χ1v) is 4.07. The molecule has 2 aromatic rings. The number of aromatic nitrogens is 3. The number of anilines is 2. The fourth-order valence-corrected chi connectivity index (χ4v) is 0.948. The molecule has 0 unspecified atom stereocenters. The fourth-order valence-electron chi connectivity index (χ4n) is 0.948. The molecule has 0 amide bonds. The largest absolute Gasteiger partial charge is 0.382 e. The molecule has 0 radical (unpaired) electrons. The van der Waals surface area contributed by atoms with Crippen LogP contribution in [0.5, 0.6) is 0 Å². The topological polar surface area (TPSA) is 89.9 Å². The lowest BCUT2D eigenvalue weighted by Crippen LogP contribution is -2.02. The maximum absolute atomic E-state index is 5.39. The zero-order valence-corrected chi connectivity index (χ0v) is 7.34. The van der Waals surface area contributed by atoms with E-state index in [0.29, 0.717) is 18.2 Å². The Labute approximate surface area is 80.1 Å². The van der Waals surface area contributed by atoms with E-state index in [9.17, 15) is 0 Å². The lowest BCUT2D eigenvalue weighted by molar-refractivity contribution is 0.388. The first-order valence-electron chi connectivity index (χ1n) is 4.07. The summed E-state index contributed by atoms with van der Waals surface area (Å²) < 4.78 is 4.89. The summed E-state index contributed by atoms with van der Waals surface area (Å²) in [6, 6.07) is 5.20. The number of nitrogens with one attached hydrogen (secondary N) is 1. The Kier molecular flexibility index (Phi) is 2.26. The van der Waals surface area contributed by atoms with Gasteiger partial charge in [0.1, 0.15) is 11.6 Å². The second-order valence-electron chi connectivity index (χ2n) is 2.68. The van der Waals surface area contributed by atoms with Gasteiger partial charge in [-0.05, 0) is 12.1 Å². The predicted octanol–water partition coefficient (Wildman–Crippen LogP) is 0.659. The molecule has 0 aromatic carbocycles. The molecule has 0 aliphatic heterocycles. The molecule has 0 saturated heterocycles. The van der Waals surface area contributed by atoms with Crippen LogP contribution in [0.15, 0.2) is 28.9 Å². The second-order valence-corrected chi connectivity index (χ2v) is 2.68. The standard InChI is InChI=1S/C8H9N5O/c9-7-1-2-8(13-12-7)10-5-6-3-4-11-14-6/h1-4H,5H2,(H2,9,12)(H,10,13). The molecule has 0 aliphatic carbocycles. The number of hydrogen-bond acceptors (Lipinski definition) is 6. The molecule has 2 heterocycles. The minimum atomic E-state index is 0.398. The number of rotatable bonds is 3. The lowest BCUT2D eigenvalue weighted by atomic mass is 10.4. The van der Waals surface area contributed by atoms with Gasteiger partial charge in [-0.2, -0.15) is 0 Å². The van der Waals surface area contributed by atoms with Crippen LogP contribution in [0.2, 0.25) is 0 Å². The molecule has 0 fully saturated rings. The zero-order valence-electron chi connectivity index (χ0n) is 7.34. The highest BCUT2D eigenvalue weighted by Crippen LogP contribution is 2.05. The maximum Gasteiger partial charge on any atom is 0.155 e. The summed E-state index contributed by atoms with van der Waals surface area (Å²) in [4.78, 5) is 0. The van der Waals surface area contributed by atoms with Crippen LogP contribution in [0.4, 0.5) is 11.6 Å². The SMILES string of the molecule is Nc1ccc(NCc2ccno2)nn1. The molecular formula is C8H9N5O. The van der Waals surface area contributed by atoms with Crippen LogP contribution >= 0.6 is 0 Å². The van der Waals surface area contributed by atoms with E-state index in [-0.39, 0.29) is 0 Å². The van der Waals surface area contributed by atoms with Crippen molar-refractivity contribution in [1.29, 1.82) is 0 Å². The number of hydrogen-bond donors (Lipinski definition) is 2. The Morgan fingerprint density at radius 2 is 2.21 bits per heavy atom. The summed E-state index contributed by atoms with van der Waals surface area (Å²) in [5.41, 5.74) is 5.39. The summed E-state index contributed by atoms with van der Waals surface area (Å²) in [6.07, 6.45) is 1.59. The quantitative estimate of drug-likeness (QED) is 0.740. The van der Waals surface area contributed by atoms with Gasteiger partial charge in [0.15, 0.2) is 5.76 Å². The third-order valence-corrected chi connectivity index (χ3v) is 1.62. The average Bonchev–Trinajstić information content (AvgIpc) is 2.70. The van der Waals surface area contributed by atoms with Gasteiger partial charge in [-0.15, -0.1) is 10.2 Å². The van der Waals surface area contributed by atoms with E-state index in [1.807, 2.05) is 0 Å². The molecule has 0 saturated carbocycles. The van der Waals surface area contributed by atoms with Crippen LogP contribution < -0.4 is 11.1 Å². The Bertz CT molecular complexity index is 383. The van der Waals surface area contributed by atoms with Gasteiger partial charge >= 0.3 is 0 Å². The Hall–Kier alpha value is -2.11. The van der Waals surface area contributed by atoms with Gasteiger partial charge in [0.25, 0.3) is 0 Å². The van der Waals surface area contributed by atoms with Crippen molar-refractivity contribution in [3.05, 3.63) is 30.2 Å². The molecule has 72 valence electrons. The van der Waals surface area contributed by atoms with Crippen LogP contribution in [0.3, 0.4) is 0 Å². The lowest BCUT2D eigenvalue weighted by Gasteiger charge is -2.00. The van der Waals surface area contributed by atoms with Gasteiger partial charge in [-0.3, -0.25) is 0 Å². The van der Waals surface area contributed by atoms with Crippen molar-refractivity contribution in [1.82, 2.24) is 15.4 Å². The maximum atomic E-state index is 5.39. The van der Waals surface area contributed by atoms with Crippen molar-refractivity contribution in [2.45, 2.75) is 6.54 Å². The molecule has 0 bridgehead atoms. The Morgan fingerprint density at radius 1 is 1.29 bits per heavy atom. The van der Waals surface area contributed by atoms with Crippen LogP contribution in [0.25, 0.3) is 0 Å². The number of nitrogens with zero attached hydrogens (tertiary/aromatic N) is 3. The summed E-state index contributed by atoms with van der Waals surface area (Å²) in [7, 11) is 0. The molecular weight excluding hydrogens is 182 g/mol. The average molecular weight is 191 g/mol. The normalized spacial score (nSPS) is 10.0. The fraction of sp³-hybridized carbons (Fsp3) is 0.125. The van der Waals surface area contributed by atoms with E-state index in [0.717, 1.165) is 5.76 Å². The molecule has 2 aromatic heterocycles. The molecule has 6 nitrogen and oxygen atoms in total. The monoisotopic (exact) mass is 191 g/mol. The number of nitrogens with two attached hydrogens (primary N) is 1. The van der Waals surface area contributed by atoms with E-state index in [2.05, 4.69) is 20.7 Å². The molecule has 3 N–H and O–H groups in total. The first-order chi connectivity index (χ1) is 6.84. The van der Waals surface area contributed by atoms with Gasteiger partial charge in [0.05, 0.1) is 12.7 Å². The first kappa shape index (κ1) is 8.49. The predicted molar refractivity (Wildman–Crippen MR) is 50.3 cm³/mol. The molecule has 0 aliphatic rings. The molecule has 6 heteroatoms. The minimum absolute atomic E-state index is 0.398. The van der Waals surface area contributed by atoms with E-state index in [4.69, 9.17) is 10.3 Å². The van der Waals surface area contributed by atoms with Crippen molar-refractivity contribution in [3.8, 4) is 0 Å². The van der Waals surface area contributed by atoms with Crippen LogP contribution in [0.1, 0.15) is 5.76 Å². The minimum Gasteiger partial charge on any atom is -0.382 e. The van der Waals surface area contributed by atoms with Crippen LogP contribution in [0, 0.1) is 0 Å². The van der Waals surface area contributed by atoms with Crippen LogP contribution in [-0.4, -0.2) is 15.4 Å². The zero-order chi connectivity index (χ0) is 9.80. The van der Waals surface area contributed by atoms with Crippen molar-refractivity contribution >= 4 is 11.6 Å².